The Labute approximate surface area is 110 Å². The summed E-state index contributed by atoms with van der Waals surface area (Å²) >= 11 is 0. The molecule has 4 rings (SSSR count). The van der Waals surface area contributed by atoms with Crippen LogP contribution in [0, 0.1) is 10.8 Å². The average molecular weight is 253 g/mol. The van der Waals surface area contributed by atoms with Crippen molar-refractivity contribution < 1.29 is 10.2 Å². The SMILES string of the molecule is CC.CC(O)(O)C12CC3(CC3)CN1CCC21CC1. The summed E-state index contributed by atoms with van der Waals surface area (Å²) in [5.74, 6) is -1.52. The Bertz CT molecular complexity index is 352. The van der Waals surface area contributed by atoms with Gasteiger partial charge in [-0.2, -0.15) is 0 Å². The first-order chi connectivity index (χ1) is 8.43. The molecule has 2 saturated heterocycles. The highest BCUT2D eigenvalue weighted by molar-refractivity contribution is 5.28. The van der Waals surface area contributed by atoms with Crippen molar-refractivity contribution in [1.29, 1.82) is 0 Å². The Kier molecular flexibility index (Phi) is 2.51. The second-order valence-corrected chi connectivity index (χ2v) is 7.01. The Morgan fingerprint density at radius 2 is 1.61 bits per heavy atom. The van der Waals surface area contributed by atoms with Crippen LogP contribution in [0.2, 0.25) is 0 Å². The van der Waals surface area contributed by atoms with Crippen LogP contribution < -0.4 is 0 Å². The van der Waals surface area contributed by atoms with Gasteiger partial charge in [0.15, 0.2) is 5.79 Å². The topological polar surface area (TPSA) is 43.7 Å². The normalized spacial score (nSPS) is 38.5. The van der Waals surface area contributed by atoms with E-state index in [1.165, 1.54) is 32.1 Å². The van der Waals surface area contributed by atoms with Gasteiger partial charge in [-0.05, 0) is 62.8 Å². The van der Waals surface area contributed by atoms with Crippen molar-refractivity contribution in [3.8, 4) is 0 Å². The molecule has 0 aromatic rings. The molecule has 0 aromatic carbocycles. The molecule has 1 unspecified atom stereocenters. The fourth-order valence-electron chi connectivity index (χ4n) is 4.89. The van der Waals surface area contributed by atoms with Crippen molar-refractivity contribution in [3.63, 3.8) is 0 Å². The van der Waals surface area contributed by atoms with E-state index in [0.29, 0.717) is 5.41 Å². The van der Waals surface area contributed by atoms with Crippen LogP contribution in [0.5, 0.6) is 0 Å². The maximum atomic E-state index is 10.3. The van der Waals surface area contributed by atoms with E-state index in [0.717, 1.165) is 19.5 Å². The van der Waals surface area contributed by atoms with E-state index in [2.05, 4.69) is 4.90 Å². The number of nitrogens with zero attached hydrogens (tertiary/aromatic N) is 1. The Hall–Kier alpha value is -0.120. The van der Waals surface area contributed by atoms with Crippen molar-refractivity contribution in [3.05, 3.63) is 0 Å². The molecule has 0 bridgehead atoms. The van der Waals surface area contributed by atoms with Gasteiger partial charge in [0, 0.05) is 6.54 Å². The summed E-state index contributed by atoms with van der Waals surface area (Å²) in [5.41, 5.74) is 0.399. The van der Waals surface area contributed by atoms with Crippen LogP contribution in [-0.4, -0.2) is 39.5 Å². The van der Waals surface area contributed by atoms with Crippen LogP contribution in [-0.2, 0) is 0 Å². The molecule has 104 valence electrons. The first kappa shape index (κ1) is 12.9. The zero-order valence-corrected chi connectivity index (χ0v) is 12.0. The van der Waals surface area contributed by atoms with Crippen molar-refractivity contribution >= 4 is 0 Å². The van der Waals surface area contributed by atoms with Crippen LogP contribution in [0.1, 0.15) is 59.3 Å². The molecule has 4 aliphatic rings. The molecule has 1 atom stereocenters. The number of fused-ring (bicyclic) bond motifs is 2. The minimum atomic E-state index is -1.52. The maximum Gasteiger partial charge on any atom is 0.179 e. The molecule has 2 aliphatic carbocycles. The summed E-state index contributed by atoms with van der Waals surface area (Å²) in [6.07, 6.45) is 7.23. The number of rotatable bonds is 1. The van der Waals surface area contributed by atoms with Crippen LogP contribution in [0.4, 0.5) is 0 Å². The highest BCUT2D eigenvalue weighted by Crippen LogP contribution is 2.74. The van der Waals surface area contributed by atoms with Gasteiger partial charge in [-0.3, -0.25) is 4.90 Å². The predicted octanol–water partition coefficient (Wildman–Crippen LogP) is 2.12. The summed E-state index contributed by atoms with van der Waals surface area (Å²) in [6.45, 7) is 7.82. The number of hydrogen-bond acceptors (Lipinski definition) is 3. The first-order valence-corrected chi connectivity index (χ1v) is 7.63. The summed E-state index contributed by atoms with van der Waals surface area (Å²) in [5, 5.41) is 20.7. The molecule has 2 N–H and O–H groups in total. The van der Waals surface area contributed by atoms with E-state index in [1.54, 1.807) is 6.92 Å². The molecule has 2 spiro atoms. The van der Waals surface area contributed by atoms with Gasteiger partial charge in [0.05, 0.1) is 5.54 Å². The van der Waals surface area contributed by atoms with E-state index in [1.807, 2.05) is 13.8 Å². The molecule has 4 fully saturated rings. The summed E-state index contributed by atoms with van der Waals surface area (Å²) in [4.78, 5) is 2.42. The van der Waals surface area contributed by atoms with Gasteiger partial charge in [-0.15, -0.1) is 0 Å². The molecule has 18 heavy (non-hydrogen) atoms. The monoisotopic (exact) mass is 253 g/mol. The zero-order valence-electron chi connectivity index (χ0n) is 12.0. The van der Waals surface area contributed by atoms with Crippen LogP contribution >= 0.6 is 0 Å². The van der Waals surface area contributed by atoms with E-state index in [-0.39, 0.29) is 11.0 Å². The lowest BCUT2D eigenvalue weighted by molar-refractivity contribution is -0.237. The van der Waals surface area contributed by atoms with Crippen molar-refractivity contribution in [2.75, 3.05) is 13.1 Å². The molecule has 3 heteroatoms. The molecule has 2 saturated carbocycles. The second-order valence-electron chi connectivity index (χ2n) is 7.01. The largest absolute Gasteiger partial charge is 0.364 e. The lowest BCUT2D eigenvalue weighted by Crippen LogP contribution is -2.61. The average Bonchev–Trinajstić information content (AvgIpc) is 3.15. The smallest absolute Gasteiger partial charge is 0.179 e. The van der Waals surface area contributed by atoms with Crippen LogP contribution in [0.3, 0.4) is 0 Å². The Morgan fingerprint density at radius 1 is 1.00 bits per heavy atom. The van der Waals surface area contributed by atoms with E-state index >= 15 is 0 Å². The molecule has 0 aromatic heterocycles. The minimum absolute atomic E-state index is 0.247. The fourth-order valence-corrected chi connectivity index (χ4v) is 4.89. The molecule has 0 amide bonds. The third kappa shape index (κ3) is 1.36. The third-order valence-electron chi connectivity index (χ3n) is 6.03. The van der Waals surface area contributed by atoms with Crippen LogP contribution in [0.15, 0.2) is 0 Å². The molecule has 2 aliphatic heterocycles. The number of hydrogen-bond donors (Lipinski definition) is 2. The Morgan fingerprint density at radius 3 is 2.06 bits per heavy atom. The van der Waals surface area contributed by atoms with Gasteiger partial charge in [0.25, 0.3) is 0 Å². The highest BCUT2D eigenvalue weighted by Gasteiger charge is 2.77. The molecule has 2 heterocycles. The van der Waals surface area contributed by atoms with Gasteiger partial charge < -0.3 is 10.2 Å². The fraction of sp³-hybridized carbons (Fsp3) is 1.00. The highest BCUT2D eigenvalue weighted by atomic mass is 16.5. The predicted molar refractivity (Wildman–Crippen MR) is 71.1 cm³/mol. The van der Waals surface area contributed by atoms with Crippen molar-refractivity contribution in [2.24, 2.45) is 10.8 Å². The van der Waals surface area contributed by atoms with Crippen molar-refractivity contribution in [1.82, 2.24) is 4.90 Å². The third-order valence-corrected chi connectivity index (χ3v) is 6.03. The standard InChI is InChI=1S/C13H21NO2.C2H6/c1-10(15,16)13-8-11(2-3-11)9-14(13)7-6-12(13)4-5-12;1-2/h15-16H,2-9H2,1H3;1-2H3. The summed E-state index contributed by atoms with van der Waals surface area (Å²) < 4.78 is 0. The van der Waals surface area contributed by atoms with Crippen LogP contribution in [0.25, 0.3) is 0 Å². The lowest BCUT2D eigenvalue weighted by Gasteiger charge is -2.45. The quantitative estimate of drug-likeness (QED) is 0.704. The van der Waals surface area contributed by atoms with E-state index < -0.39 is 5.79 Å². The lowest BCUT2D eigenvalue weighted by atomic mass is 9.72. The second kappa shape index (κ2) is 3.50. The van der Waals surface area contributed by atoms with Gasteiger partial charge in [0.2, 0.25) is 0 Å². The molecule has 3 nitrogen and oxygen atoms in total. The summed E-state index contributed by atoms with van der Waals surface area (Å²) in [7, 11) is 0. The molecular weight excluding hydrogens is 226 g/mol. The minimum Gasteiger partial charge on any atom is -0.364 e. The van der Waals surface area contributed by atoms with Gasteiger partial charge >= 0.3 is 0 Å². The zero-order chi connectivity index (χ0) is 13.2. The first-order valence-electron chi connectivity index (χ1n) is 7.63. The van der Waals surface area contributed by atoms with Gasteiger partial charge in [-0.1, -0.05) is 13.8 Å². The van der Waals surface area contributed by atoms with Crippen molar-refractivity contribution in [2.45, 2.75) is 70.6 Å². The molecular formula is C15H27NO2. The summed E-state index contributed by atoms with van der Waals surface area (Å²) in [6, 6.07) is 0. The van der Waals surface area contributed by atoms with E-state index in [9.17, 15) is 10.2 Å². The molecule has 0 radical (unpaired) electrons. The van der Waals surface area contributed by atoms with Gasteiger partial charge in [-0.25, -0.2) is 0 Å². The van der Waals surface area contributed by atoms with Gasteiger partial charge in [0.1, 0.15) is 0 Å². The maximum absolute atomic E-state index is 10.3. The number of aliphatic hydroxyl groups is 2. The Balaban J connectivity index is 0.000000478. The van der Waals surface area contributed by atoms with E-state index in [4.69, 9.17) is 0 Å².